The van der Waals surface area contributed by atoms with Gasteiger partial charge in [-0.05, 0) is 76.8 Å². The molecule has 0 spiro atoms. The summed E-state index contributed by atoms with van der Waals surface area (Å²) < 4.78 is 9.54. The van der Waals surface area contributed by atoms with Crippen LogP contribution >= 0.6 is 0 Å². The minimum atomic E-state index is -0.123. The maximum absolute atomic E-state index is 12.8. The average molecular weight is 485 g/mol. The molecule has 0 bridgehead atoms. The standard InChI is InChI=1S/C30H36N4O2/c1-29(2)14-8-15-30(3,4)34(29)18-17-33-27-12-11-25(19-24(27)21-31-33)32-16-13-26(20-28(32)35)36-22-23-9-6-5-7-10-23/h5-7,9-13,16,19-21H,8,14-15,17-18,22H2,1-4H3. The molecule has 0 saturated carbocycles. The summed E-state index contributed by atoms with van der Waals surface area (Å²) in [6, 6.07) is 19.4. The van der Waals surface area contributed by atoms with E-state index >= 15 is 0 Å². The Hall–Kier alpha value is -3.38. The van der Waals surface area contributed by atoms with Crippen LogP contribution in [0.1, 0.15) is 52.5 Å². The second-order valence-electron chi connectivity index (χ2n) is 11.1. The molecule has 0 unspecified atom stereocenters. The largest absolute Gasteiger partial charge is 0.489 e. The third-order valence-electron chi connectivity index (χ3n) is 7.62. The molecule has 2 aromatic carbocycles. The van der Waals surface area contributed by atoms with Gasteiger partial charge >= 0.3 is 0 Å². The van der Waals surface area contributed by atoms with Crippen LogP contribution in [0.2, 0.25) is 0 Å². The maximum atomic E-state index is 12.8. The van der Waals surface area contributed by atoms with E-state index in [9.17, 15) is 4.79 Å². The highest BCUT2D eigenvalue weighted by Crippen LogP contribution is 2.38. The first kappa shape index (κ1) is 24.3. The van der Waals surface area contributed by atoms with E-state index in [0.29, 0.717) is 12.4 Å². The Morgan fingerprint density at radius 1 is 0.917 bits per heavy atom. The predicted octanol–water partition coefficient (Wildman–Crippen LogP) is 5.81. The number of nitrogens with zero attached hydrogens (tertiary/aromatic N) is 4. The number of hydrogen-bond donors (Lipinski definition) is 0. The van der Waals surface area contributed by atoms with Crippen molar-refractivity contribution in [1.29, 1.82) is 0 Å². The smallest absolute Gasteiger partial charge is 0.258 e. The summed E-state index contributed by atoms with van der Waals surface area (Å²) in [5.74, 6) is 0.567. The Balaban J connectivity index is 1.31. The van der Waals surface area contributed by atoms with Gasteiger partial charge in [-0.3, -0.25) is 18.9 Å². The molecule has 1 aliphatic rings. The van der Waals surface area contributed by atoms with Crippen LogP contribution in [0.3, 0.4) is 0 Å². The molecule has 6 nitrogen and oxygen atoms in total. The molecule has 1 fully saturated rings. The summed E-state index contributed by atoms with van der Waals surface area (Å²) in [7, 11) is 0. The lowest BCUT2D eigenvalue weighted by molar-refractivity contribution is -0.0292. The van der Waals surface area contributed by atoms with E-state index in [4.69, 9.17) is 4.74 Å². The van der Waals surface area contributed by atoms with Crippen molar-refractivity contribution in [3.63, 3.8) is 0 Å². The molecule has 3 heterocycles. The molecule has 188 valence electrons. The van der Waals surface area contributed by atoms with Crippen molar-refractivity contribution in [2.45, 2.75) is 71.2 Å². The Labute approximate surface area is 213 Å². The summed E-state index contributed by atoms with van der Waals surface area (Å²) in [5, 5.41) is 5.71. The van der Waals surface area contributed by atoms with Crippen molar-refractivity contribution in [2.24, 2.45) is 0 Å². The number of benzene rings is 2. The van der Waals surface area contributed by atoms with Crippen molar-refractivity contribution >= 4 is 10.9 Å². The first-order valence-electron chi connectivity index (χ1n) is 12.9. The van der Waals surface area contributed by atoms with E-state index in [0.717, 1.165) is 35.2 Å². The van der Waals surface area contributed by atoms with Gasteiger partial charge < -0.3 is 4.74 Å². The fraction of sp³-hybridized carbons (Fsp3) is 0.400. The Kier molecular flexibility index (Phi) is 6.47. The van der Waals surface area contributed by atoms with Gasteiger partial charge in [0.05, 0.1) is 18.3 Å². The zero-order valence-corrected chi connectivity index (χ0v) is 21.8. The quantitative estimate of drug-likeness (QED) is 0.332. The fourth-order valence-electron chi connectivity index (χ4n) is 5.75. The molecule has 5 rings (SSSR count). The van der Waals surface area contributed by atoms with Gasteiger partial charge in [0, 0.05) is 41.0 Å². The monoisotopic (exact) mass is 484 g/mol. The second-order valence-corrected chi connectivity index (χ2v) is 11.1. The van der Waals surface area contributed by atoms with Crippen molar-refractivity contribution < 1.29 is 4.74 Å². The van der Waals surface area contributed by atoms with E-state index in [2.05, 4.69) is 48.4 Å². The topological polar surface area (TPSA) is 52.3 Å². The lowest BCUT2D eigenvalue weighted by Crippen LogP contribution is -2.59. The summed E-state index contributed by atoms with van der Waals surface area (Å²) in [4.78, 5) is 15.5. The number of rotatable bonds is 7. The average Bonchev–Trinajstić information content (AvgIpc) is 3.24. The lowest BCUT2D eigenvalue weighted by Gasteiger charge is -2.53. The number of ether oxygens (including phenoxy) is 1. The van der Waals surface area contributed by atoms with Gasteiger partial charge in [-0.1, -0.05) is 30.3 Å². The normalized spacial score (nSPS) is 17.3. The predicted molar refractivity (Wildman–Crippen MR) is 145 cm³/mol. The number of hydrogen-bond acceptors (Lipinski definition) is 4. The number of fused-ring (bicyclic) bond motifs is 1. The summed E-state index contributed by atoms with van der Waals surface area (Å²) >= 11 is 0. The van der Waals surface area contributed by atoms with Gasteiger partial charge in [0.15, 0.2) is 0 Å². The van der Waals surface area contributed by atoms with Crippen LogP contribution in [-0.2, 0) is 13.2 Å². The van der Waals surface area contributed by atoms with Crippen LogP contribution in [0.25, 0.3) is 16.6 Å². The molecular formula is C30H36N4O2. The lowest BCUT2D eigenvalue weighted by atomic mass is 9.80. The molecule has 0 N–H and O–H groups in total. The van der Waals surface area contributed by atoms with Gasteiger partial charge in [0.1, 0.15) is 12.4 Å². The van der Waals surface area contributed by atoms with Crippen LogP contribution in [0.4, 0.5) is 0 Å². The summed E-state index contributed by atoms with van der Waals surface area (Å²) in [6.07, 6.45) is 7.40. The Morgan fingerprint density at radius 3 is 2.39 bits per heavy atom. The molecular weight excluding hydrogens is 448 g/mol. The third-order valence-corrected chi connectivity index (χ3v) is 7.62. The molecule has 4 aromatic rings. The van der Waals surface area contributed by atoms with Crippen molar-refractivity contribution in [1.82, 2.24) is 19.2 Å². The van der Waals surface area contributed by atoms with E-state index in [1.165, 1.54) is 19.3 Å². The molecule has 36 heavy (non-hydrogen) atoms. The van der Waals surface area contributed by atoms with Crippen molar-refractivity contribution in [3.8, 4) is 11.4 Å². The maximum Gasteiger partial charge on any atom is 0.258 e. The number of aromatic nitrogens is 3. The van der Waals surface area contributed by atoms with Crippen molar-refractivity contribution in [3.05, 3.63) is 89.0 Å². The van der Waals surface area contributed by atoms with E-state index in [1.54, 1.807) is 16.8 Å². The minimum Gasteiger partial charge on any atom is -0.489 e. The van der Waals surface area contributed by atoms with E-state index in [1.807, 2.05) is 54.7 Å². The Morgan fingerprint density at radius 2 is 1.67 bits per heavy atom. The molecule has 2 aromatic heterocycles. The van der Waals surface area contributed by atoms with Crippen molar-refractivity contribution in [2.75, 3.05) is 6.54 Å². The summed E-state index contributed by atoms with van der Waals surface area (Å²) in [5.41, 5.74) is 3.23. The number of pyridine rings is 1. The highest BCUT2D eigenvalue weighted by Gasteiger charge is 2.40. The molecule has 1 saturated heterocycles. The van der Waals surface area contributed by atoms with Gasteiger partial charge in [0.2, 0.25) is 0 Å². The fourth-order valence-corrected chi connectivity index (χ4v) is 5.75. The molecule has 0 atom stereocenters. The van der Waals surface area contributed by atoms with Crippen LogP contribution < -0.4 is 10.3 Å². The molecule has 6 heteroatoms. The number of likely N-dealkylation sites (tertiary alicyclic amines) is 1. The zero-order chi connectivity index (χ0) is 25.3. The van der Waals surface area contributed by atoms with Gasteiger partial charge in [-0.25, -0.2) is 0 Å². The van der Waals surface area contributed by atoms with Gasteiger partial charge in [0.25, 0.3) is 5.56 Å². The van der Waals surface area contributed by atoms with Gasteiger partial charge in [-0.2, -0.15) is 5.10 Å². The highest BCUT2D eigenvalue weighted by molar-refractivity contribution is 5.80. The summed E-state index contributed by atoms with van der Waals surface area (Å²) in [6.45, 7) is 11.7. The second kappa shape index (κ2) is 9.58. The van der Waals surface area contributed by atoms with E-state index in [-0.39, 0.29) is 16.6 Å². The van der Waals surface area contributed by atoms with Crippen LogP contribution in [-0.4, -0.2) is 36.9 Å². The molecule has 0 radical (unpaired) electrons. The first-order valence-corrected chi connectivity index (χ1v) is 12.9. The van der Waals surface area contributed by atoms with Crippen LogP contribution in [0.5, 0.6) is 5.75 Å². The van der Waals surface area contributed by atoms with Crippen LogP contribution in [0.15, 0.2) is 77.9 Å². The molecule has 1 aliphatic heterocycles. The Bertz CT molecular complexity index is 1390. The molecule has 0 amide bonds. The van der Waals surface area contributed by atoms with Crippen LogP contribution in [0, 0.1) is 0 Å². The van der Waals surface area contributed by atoms with Gasteiger partial charge in [-0.15, -0.1) is 0 Å². The zero-order valence-electron chi connectivity index (χ0n) is 21.8. The highest BCUT2D eigenvalue weighted by atomic mass is 16.5. The minimum absolute atomic E-state index is 0.123. The first-order chi connectivity index (χ1) is 17.2. The number of piperidine rings is 1. The molecule has 0 aliphatic carbocycles. The third kappa shape index (κ3) is 4.96. The SMILES string of the molecule is CC1(C)CCCC(C)(C)N1CCn1ncc2cc(-n3ccc(OCc4ccccc4)cc3=O)ccc21. The van der Waals surface area contributed by atoms with E-state index < -0.39 is 0 Å².